The van der Waals surface area contributed by atoms with E-state index in [0.717, 1.165) is 39.0 Å². The molecule has 0 N–H and O–H groups in total. The molecule has 0 unspecified atom stereocenters. The van der Waals surface area contributed by atoms with Crippen LogP contribution >= 0.6 is 0 Å². The fourth-order valence-corrected chi connectivity index (χ4v) is 11.3. The van der Waals surface area contributed by atoms with Crippen LogP contribution in [0.5, 0.6) is 0 Å². The topological polar surface area (TPSA) is 16.4 Å². The standard InChI is InChI=1S/C57H37NO/c1-56(46-23-10-5-18-39(46)40-19-6-11-24-47(40)56)36-30-33-53-45(34-36)55-52(28-15-29-54(55)59-53)58(37-16-3-2-4-17-37)38-31-32-44-43-22-9-14-27-50(43)57(51(44)35-38)48-25-12-7-20-41(48)42-21-8-13-26-49(42)57/h2-35H,1H3. The second-order valence-corrected chi connectivity index (χ2v) is 16.5. The van der Waals surface area contributed by atoms with Gasteiger partial charge in [0.05, 0.1) is 16.5 Å². The van der Waals surface area contributed by atoms with Crippen molar-refractivity contribution in [3.8, 4) is 33.4 Å². The second kappa shape index (κ2) is 11.8. The van der Waals surface area contributed by atoms with Crippen molar-refractivity contribution in [3.05, 3.63) is 245 Å². The minimum atomic E-state index is -0.440. The van der Waals surface area contributed by atoms with Gasteiger partial charge in [-0.15, -0.1) is 0 Å². The van der Waals surface area contributed by atoms with Crippen LogP contribution in [0.25, 0.3) is 55.3 Å². The lowest BCUT2D eigenvalue weighted by molar-refractivity contribution is 0.667. The zero-order valence-corrected chi connectivity index (χ0v) is 32.5. The van der Waals surface area contributed by atoms with Crippen LogP contribution in [0, 0.1) is 0 Å². The van der Waals surface area contributed by atoms with Gasteiger partial charge in [-0.05, 0) is 128 Å². The number of nitrogens with zero attached hydrogens (tertiary/aromatic N) is 1. The summed E-state index contributed by atoms with van der Waals surface area (Å²) >= 11 is 0. The molecular formula is C57H37NO. The molecule has 1 aromatic heterocycles. The molecule has 0 fully saturated rings. The van der Waals surface area contributed by atoms with E-state index >= 15 is 0 Å². The maximum absolute atomic E-state index is 6.75. The fourth-order valence-electron chi connectivity index (χ4n) is 11.3. The zero-order chi connectivity index (χ0) is 38.9. The van der Waals surface area contributed by atoms with Gasteiger partial charge in [-0.1, -0.05) is 158 Å². The first-order valence-electron chi connectivity index (χ1n) is 20.6. The van der Waals surface area contributed by atoms with Gasteiger partial charge in [0.2, 0.25) is 0 Å². The van der Waals surface area contributed by atoms with Crippen molar-refractivity contribution in [2.45, 2.75) is 17.8 Å². The third-order valence-electron chi connectivity index (χ3n) is 13.8. The van der Waals surface area contributed by atoms with Crippen molar-refractivity contribution in [2.75, 3.05) is 4.90 Å². The number of benzene rings is 9. The van der Waals surface area contributed by atoms with Crippen molar-refractivity contribution < 1.29 is 4.42 Å². The molecular weight excluding hydrogens is 715 g/mol. The molecule has 0 atom stereocenters. The van der Waals surface area contributed by atoms with E-state index in [2.05, 4.69) is 218 Å². The van der Waals surface area contributed by atoms with Crippen LogP contribution in [0.15, 0.2) is 211 Å². The number of rotatable bonds is 4. The number of anilines is 3. The highest BCUT2D eigenvalue weighted by Crippen LogP contribution is 2.63. The molecule has 3 aliphatic carbocycles. The van der Waals surface area contributed by atoms with E-state index in [9.17, 15) is 0 Å². The fraction of sp³-hybridized carbons (Fsp3) is 0.0526. The molecule has 1 spiro atoms. The molecule has 3 aliphatic rings. The Bertz CT molecular complexity index is 3260. The quantitative estimate of drug-likeness (QED) is 0.178. The summed E-state index contributed by atoms with van der Waals surface area (Å²) in [7, 11) is 0. The Hall–Kier alpha value is -7.42. The van der Waals surface area contributed by atoms with Gasteiger partial charge in [-0.3, -0.25) is 0 Å². The summed E-state index contributed by atoms with van der Waals surface area (Å²) in [6.45, 7) is 2.38. The molecule has 0 saturated heterocycles. The van der Waals surface area contributed by atoms with Crippen LogP contribution in [0.4, 0.5) is 17.1 Å². The van der Waals surface area contributed by atoms with E-state index in [4.69, 9.17) is 4.42 Å². The molecule has 2 heteroatoms. The van der Waals surface area contributed by atoms with Gasteiger partial charge in [-0.25, -0.2) is 0 Å². The van der Waals surface area contributed by atoms with Crippen molar-refractivity contribution in [1.29, 1.82) is 0 Å². The molecule has 0 radical (unpaired) electrons. The first kappa shape index (κ1) is 32.6. The van der Waals surface area contributed by atoms with Gasteiger partial charge < -0.3 is 9.32 Å². The molecule has 10 aromatic rings. The first-order chi connectivity index (χ1) is 29.2. The summed E-state index contributed by atoms with van der Waals surface area (Å²) in [5.41, 5.74) is 21.3. The van der Waals surface area contributed by atoms with Crippen LogP contribution in [0.2, 0.25) is 0 Å². The highest BCUT2D eigenvalue weighted by molar-refractivity contribution is 6.14. The molecule has 276 valence electrons. The van der Waals surface area contributed by atoms with E-state index in [-0.39, 0.29) is 5.41 Å². The van der Waals surface area contributed by atoms with Gasteiger partial charge in [0.25, 0.3) is 0 Å². The number of hydrogen-bond donors (Lipinski definition) is 0. The van der Waals surface area contributed by atoms with Gasteiger partial charge in [-0.2, -0.15) is 0 Å². The zero-order valence-electron chi connectivity index (χ0n) is 32.5. The Balaban J connectivity index is 1.06. The monoisotopic (exact) mass is 751 g/mol. The summed E-state index contributed by atoms with van der Waals surface area (Å²) in [5.74, 6) is 0. The lowest BCUT2D eigenvalue weighted by atomic mass is 9.70. The van der Waals surface area contributed by atoms with Crippen molar-refractivity contribution in [1.82, 2.24) is 0 Å². The summed E-state index contributed by atoms with van der Waals surface area (Å²) < 4.78 is 6.75. The second-order valence-electron chi connectivity index (χ2n) is 16.5. The molecule has 1 heterocycles. The number of para-hydroxylation sites is 1. The highest BCUT2D eigenvalue weighted by Gasteiger charge is 2.51. The smallest absolute Gasteiger partial charge is 0.137 e. The van der Waals surface area contributed by atoms with Gasteiger partial charge >= 0.3 is 0 Å². The average Bonchev–Trinajstić information content (AvgIpc) is 4.00. The van der Waals surface area contributed by atoms with Gasteiger partial charge in [0.1, 0.15) is 11.2 Å². The van der Waals surface area contributed by atoms with Crippen molar-refractivity contribution in [3.63, 3.8) is 0 Å². The largest absolute Gasteiger partial charge is 0.456 e. The average molecular weight is 752 g/mol. The van der Waals surface area contributed by atoms with Crippen LogP contribution < -0.4 is 4.90 Å². The number of fused-ring (bicyclic) bond motifs is 16. The van der Waals surface area contributed by atoms with E-state index in [1.54, 1.807) is 0 Å². The minimum absolute atomic E-state index is 0.323. The van der Waals surface area contributed by atoms with Crippen LogP contribution in [-0.4, -0.2) is 0 Å². The summed E-state index contributed by atoms with van der Waals surface area (Å²) in [6, 6.07) is 76.2. The molecule has 59 heavy (non-hydrogen) atoms. The Morgan fingerprint density at radius 3 is 1.47 bits per heavy atom. The number of furan rings is 1. The molecule has 0 amide bonds. The minimum Gasteiger partial charge on any atom is -0.456 e. The lowest BCUT2D eigenvalue weighted by Crippen LogP contribution is -2.26. The molecule has 0 bridgehead atoms. The Kier molecular flexibility index (Phi) is 6.54. The molecule has 0 aliphatic heterocycles. The van der Waals surface area contributed by atoms with E-state index in [1.165, 1.54) is 72.3 Å². The van der Waals surface area contributed by atoms with Crippen LogP contribution in [0.3, 0.4) is 0 Å². The third-order valence-corrected chi connectivity index (χ3v) is 13.8. The van der Waals surface area contributed by atoms with Crippen molar-refractivity contribution in [2.24, 2.45) is 0 Å². The molecule has 13 rings (SSSR count). The summed E-state index contributed by atoms with van der Waals surface area (Å²) in [5, 5.41) is 2.22. The van der Waals surface area contributed by atoms with E-state index in [1.807, 2.05) is 0 Å². The van der Waals surface area contributed by atoms with Crippen molar-refractivity contribution >= 4 is 39.0 Å². The molecule has 2 nitrogen and oxygen atoms in total. The molecule has 9 aromatic carbocycles. The molecule has 0 saturated carbocycles. The Morgan fingerprint density at radius 2 is 0.881 bits per heavy atom. The normalized spacial score (nSPS) is 14.5. The maximum Gasteiger partial charge on any atom is 0.137 e. The lowest BCUT2D eigenvalue weighted by Gasteiger charge is -2.32. The van der Waals surface area contributed by atoms with E-state index in [0.29, 0.717) is 0 Å². The SMILES string of the molecule is CC1(c2ccc3oc4cccc(N(c5ccccc5)c5ccc6c(c5)C5(c7ccccc7-c7ccccc75)c5ccccc5-6)c4c3c2)c2ccccc2-c2ccccc21. The van der Waals surface area contributed by atoms with E-state index < -0.39 is 5.41 Å². The maximum atomic E-state index is 6.75. The van der Waals surface area contributed by atoms with Gasteiger partial charge in [0, 0.05) is 22.2 Å². The Morgan fingerprint density at radius 1 is 0.373 bits per heavy atom. The predicted molar refractivity (Wildman–Crippen MR) is 242 cm³/mol. The van der Waals surface area contributed by atoms with Crippen LogP contribution in [-0.2, 0) is 10.8 Å². The predicted octanol–water partition coefficient (Wildman–Crippen LogP) is 14.7. The summed E-state index contributed by atoms with van der Waals surface area (Å²) in [6.07, 6.45) is 0. The third kappa shape index (κ3) is 4.15. The van der Waals surface area contributed by atoms with Gasteiger partial charge in [0.15, 0.2) is 0 Å². The van der Waals surface area contributed by atoms with Crippen LogP contribution in [0.1, 0.15) is 45.9 Å². The summed E-state index contributed by atoms with van der Waals surface area (Å²) in [4.78, 5) is 2.44. The highest BCUT2D eigenvalue weighted by atomic mass is 16.3. The number of hydrogen-bond acceptors (Lipinski definition) is 2. The Labute approximate surface area is 343 Å². The first-order valence-corrected chi connectivity index (χ1v) is 20.6.